The Labute approximate surface area is 170 Å². The second kappa shape index (κ2) is 8.03. The van der Waals surface area contributed by atoms with Crippen LogP contribution >= 0.6 is 11.8 Å². The number of carbonyl (C=O) groups is 1. The molecule has 7 heteroatoms. The summed E-state index contributed by atoms with van der Waals surface area (Å²) in [7, 11) is 1.71. The third kappa shape index (κ3) is 4.51. The maximum atomic E-state index is 14.9. The highest BCUT2D eigenvalue weighted by Gasteiger charge is 2.48. The Kier molecular flexibility index (Phi) is 6.05. The summed E-state index contributed by atoms with van der Waals surface area (Å²) < 4.78 is 25.9. The number of carbonyl (C=O) groups excluding carboxylic acids is 1. The number of methoxy groups -OCH3 is 1. The lowest BCUT2D eigenvalue weighted by Crippen LogP contribution is -2.46. The smallest absolute Gasteiger partial charge is 0.312 e. The van der Waals surface area contributed by atoms with Gasteiger partial charge in [-0.2, -0.15) is 0 Å². The molecule has 0 amide bonds. The first-order chi connectivity index (χ1) is 13.1. The minimum absolute atomic E-state index is 0.105. The van der Waals surface area contributed by atoms with Crippen molar-refractivity contribution in [2.45, 2.75) is 63.7 Å². The molecule has 0 saturated heterocycles. The standard InChI is InChI=1S/C21H29FN2O3S/c1-20(2,3)27-19(25)11-18-24-21(16-10-14(23)5-6-17(16)22)8-7-15(26-4)9-13(21)12-28-18/h5-6,10,13,15H,7-9,11-12,23H2,1-4H3/t13-,15-,21-/m0/s1. The van der Waals surface area contributed by atoms with Crippen LogP contribution in [-0.2, 0) is 19.8 Å². The number of rotatable bonds is 4. The fraction of sp³-hybridized carbons (Fsp3) is 0.619. The summed E-state index contributed by atoms with van der Waals surface area (Å²) in [6.45, 7) is 5.52. The van der Waals surface area contributed by atoms with Gasteiger partial charge in [-0.3, -0.25) is 9.79 Å². The number of esters is 1. The number of nitrogen functional groups attached to an aromatic ring is 1. The molecule has 0 aromatic heterocycles. The number of anilines is 1. The van der Waals surface area contributed by atoms with Crippen molar-refractivity contribution in [2.75, 3.05) is 18.6 Å². The second-order valence-electron chi connectivity index (χ2n) is 8.57. The maximum absolute atomic E-state index is 14.9. The van der Waals surface area contributed by atoms with E-state index in [0.717, 1.165) is 18.6 Å². The Hall–Kier alpha value is -1.60. The number of hydrogen-bond acceptors (Lipinski definition) is 6. The van der Waals surface area contributed by atoms with Crippen LogP contribution in [0.5, 0.6) is 0 Å². The number of nitrogens with two attached hydrogens (primary N) is 1. The molecule has 1 aliphatic heterocycles. The van der Waals surface area contributed by atoms with E-state index in [1.807, 2.05) is 20.8 Å². The molecule has 0 unspecified atom stereocenters. The number of thioether (sulfide) groups is 1. The molecule has 154 valence electrons. The van der Waals surface area contributed by atoms with Gasteiger partial charge >= 0.3 is 5.97 Å². The Balaban J connectivity index is 1.97. The van der Waals surface area contributed by atoms with Gasteiger partial charge in [0.15, 0.2) is 0 Å². The highest BCUT2D eigenvalue weighted by Crippen LogP contribution is 2.51. The zero-order valence-electron chi connectivity index (χ0n) is 17.0. The zero-order valence-corrected chi connectivity index (χ0v) is 17.8. The molecule has 2 N–H and O–H groups in total. The fourth-order valence-corrected chi connectivity index (χ4v) is 5.37. The molecule has 1 aromatic rings. The summed E-state index contributed by atoms with van der Waals surface area (Å²) in [5, 5.41) is 0.697. The van der Waals surface area contributed by atoms with Crippen LogP contribution in [0.25, 0.3) is 0 Å². The summed E-state index contributed by atoms with van der Waals surface area (Å²) >= 11 is 1.56. The van der Waals surface area contributed by atoms with Crippen molar-refractivity contribution in [3.8, 4) is 0 Å². The molecule has 28 heavy (non-hydrogen) atoms. The van der Waals surface area contributed by atoms with Gasteiger partial charge in [-0.05, 0) is 58.2 Å². The summed E-state index contributed by atoms with van der Waals surface area (Å²) in [5.41, 5.74) is 5.75. The van der Waals surface area contributed by atoms with Gasteiger partial charge in [-0.1, -0.05) is 0 Å². The summed E-state index contributed by atoms with van der Waals surface area (Å²) in [6, 6.07) is 4.66. The Morgan fingerprint density at radius 2 is 2.18 bits per heavy atom. The zero-order chi connectivity index (χ0) is 20.5. The van der Waals surface area contributed by atoms with E-state index in [9.17, 15) is 9.18 Å². The topological polar surface area (TPSA) is 73.9 Å². The quantitative estimate of drug-likeness (QED) is 0.594. The number of ether oxygens (including phenoxy) is 2. The average molecular weight is 409 g/mol. The number of aliphatic imine (C=N–C) groups is 1. The highest BCUT2D eigenvalue weighted by molar-refractivity contribution is 8.14. The van der Waals surface area contributed by atoms with Crippen molar-refractivity contribution in [1.29, 1.82) is 0 Å². The van der Waals surface area contributed by atoms with E-state index >= 15 is 0 Å². The van der Waals surface area contributed by atoms with Crippen molar-refractivity contribution in [3.05, 3.63) is 29.6 Å². The predicted octanol–water partition coefficient (Wildman–Crippen LogP) is 4.30. The van der Waals surface area contributed by atoms with Crippen LogP contribution in [0.2, 0.25) is 0 Å². The Morgan fingerprint density at radius 3 is 2.86 bits per heavy atom. The normalized spacial score (nSPS) is 27.7. The van der Waals surface area contributed by atoms with Gasteiger partial charge in [0.25, 0.3) is 0 Å². The molecule has 0 bridgehead atoms. The first-order valence-electron chi connectivity index (χ1n) is 9.64. The molecule has 5 nitrogen and oxygen atoms in total. The number of benzene rings is 1. The van der Waals surface area contributed by atoms with E-state index in [-0.39, 0.29) is 30.2 Å². The minimum Gasteiger partial charge on any atom is -0.460 e. The monoisotopic (exact) mass is 408 g/mol. The maximum Gasteiger partial charge on any atom is 0.312 e. The van der Waals surface area contributed by atoms with Crippen LogP contribution in [-0.4, -0.2) is 35.6 Å². The first kappa shape index (κ1) is 21.1. The lowest BCUT2D eigenvalue weighted by atomic mass is 9.68. The van der Waals surface area contributed by atoms with Crippen molar-refractivity contribution in [2.24, 2.45) is 10.9 Å². The molecule has 0 spiro atoms. The van der Waals surface area contributed by atoms with Crippen molar-refractivity contribution in [1.82, 2.24) is 0 Å². The van der Waals surface area contributed by atoms with Crippen molar-refractivity contribution >= 4 is 28.5 Å². The molecule has 0 radical (unpaired) electrons. The van der Waals surface area contributed by atoms with Crippen LogP contribution in [0.1, 0.15) is 52.0 Å². The molecule has 1 heterocycles. The molecule has 3 rings (SSSR count). The minimum atomic E-state index is -0.711. The number of nitrogens with zero attached hydrogens (tertiary/aromatic N) is 1. The lowest BCUT2D eigenvalue weighted by Gasteiger charge is -2.46. The van der Waals surface area contributed by atoms with E-state index in [1.54, 1.807) is 31.0 Å². The summed E-state index contributed by atoms with van der Waals surface area (Å²) in [4.78, 5) is 17.3. The number of fused-ring (bicyclic) bond motifs is 1. The van der Waals surface area contributed by atoms with Crippen molar-refractivity contribution < 1.29 is 18.7 Å². The van der Waals surface area contributed by atoms with Crippen LogP contribution in [0, 0.1) is 11.7 Å². The molecule has 1 aromatic carbocycles. The van der Waals surface area contributed by atoms with Crippen LogP contribution < -0.4 is 5.73 Å². The van der Waals surface area contributed by atoms with E-state index in [2.05, 4.69) is 0 Å². The average Bonchev–Trinajstić information content (AvgIpc) is 2.61. The largest absolute Gasteiger partial charge is 0.460 e. The van der Waals surface area contributed by atoms with Gasteiger partial charge in [-0.25, -0.2) is 4.39 Å². The molecular weight excluding hydrogens is 379 g/mol. The molecule has 1 aliphatic carbocycles. The third-order valence-corrected chi connectivity index (χ3v) is 6.49. The van der Waals surface area contributed by atoms with Crippen LogP contribution in [0.4, 0.5) is 10.1 Å². The van der Waals surface area contributed by atoms with Crippen molar-refractivity contribution in [3.63, 3.8) is 0 Å². The molecule has 1 fully saturated rings. The Morgan fingerprint density at radius 1 is 1.43 bits per heavy atom. The SMILES string of the molecule is CO[C@H]1CC[C@]2(c3cc(N)ccc3F)N=C(CC(=O)OC(C)(C)C)SC[C@@H]2C1. The highest BCUT2D eigenvalue weighted by atomic mass is 32.2. The van der Waals surface area contributed by atoms with Gasteiger partial charge in [0, 0.05) is 30.0 Å². The van der Waals surface area contributed by atoms with Gasteiger partial charge in [0.1, 0.15) is 11.4 Å². The third-order valence-electron chi connectivity index (χ3n) is 5.35. The van der Waals surface area contributed by atoms with E-state index in [1.165, 1.54) is 6.07 Å². The molecule has 1 saturated carbocycles. The number of hydrogen-bond donors (Lipinski definition) is 1. The van der Waals surface area contributed by atoms with E-state index in [0.29, 0.717) is 22.7 Å². The molecular formula is C21H29FN2O3S. The van der Waals surface area contributed by atoms with Crippen LogP contribution in [0.3, 0.4) is 0 Å². The lowest BCUT2D eigenvalue weighted by molar-refractivity contribution is -0.153. The van der Waals surface area contributed by atoms with Crippen LogP contribution in [0.15, 0.2) is 23.2 Å². The predicted molar refractivity (Wildman–Crippen MR) is 111 cm³/mol. The van der Waals surface area contributed by atoms with Gasteiger partial charge < -0.3 is 15.2 Å². The molecule has 2 aliphatic rings. The Bertz CT molecular complexity index is 777. The van der Waals surface area contributed by atoms with Gasteiger partial charge in [-0.15, -0.1) is 11.8 Å². The first-order valence-corrected chi connectivity index (χ1v) is 10.6. The summed E-state index contributed by atoms with van der Waals surface area (Å²) in [5.74, 6) is 0.263. The van der Waals surface area contributed by atoms with E-state index in [4.69, 9.17) is 20.2 Å². The number of halogens is 1. The fourth-order valence-electron chi connectivity index (χ4n) is 4.12. The summed E-state index contributed by atoms with van der Waals surface area (Å²) in [6.07, 6.45) is 2.50. The second-order valence-corrected chi connectivity index (χ2v) is 9.67. The van der Waals surface area contributed by atoms with Gasteiger partial charge in [0.2, 0.25) is 0 Å². The van der Waals surface area contributed by atoms with Gasteiger partial charge in [0.05, 0.1) is 23.1 Å². The molecule has 3 atom stereocenters. The van der Waals surface area contributed by atoms with E-state index < -0.39 is 11.1 Å².